The molecule has 0 bridgehead atoms. The number of anilines is 1. The fraction of sp³-hybridized carbons (Fsp3) is 0.412. The van der Waals surface area contributed by atoms with E-state index in [1.54, 1.807) is 7.11 Å². The van der Waals surface area contributed by atoms with Gasteiger partial charge in [0.1, 0.15) is 11.4 Å². The molecule has 0 fully saturated rings. The van der Waals surface area contributed by atoms with Crippen LogP contribution in [0.4, 0.5) is 5.82 Å². The van der Waals surface area contributed by atoms with Crippen LogP contribution in [-0.4, -0.2) is 35.9 Å². The minimum Gasteiger partial charge on any atom is -0.383 e. The van der Waals surface area contributed by atoms with E-state index < -0.39 is 0 Å². The number of fused-ring (bicyclic) bond motifs is 1. The van der Waals surface area contributed by atoms with Crippen molar-refractivity contribution in [3.63, 3.8) is 0 Å². The van der Waals surface area contributed by atoms with Crippen molar-refractivity contribution in [2.75, 3.05) is 25.6 Å². The summed E-state index contributed by atoms with van der Waals surface area (Å²) in [4.78, 5) is 12.5. The maximum absolute atomic E-state index is 12.5. The van der Waals surface area contributed by atoms with Gasteiger partial charge in [-0.15, -0.1) is 0 Å². The quantitative estimate of drug-likeness (QED) is 0.800. The molecule has 6 nitrogen and oxygen atoms in total. The monoisotopic (exact) mass is 314 g/mol. The van der Waals surface area contributed by atoms with E-state index in [0.717, 1.165) is 24.5 Å². The van der Waals surface area contributed by atoms with Crippen molar-refractivity contribution < 1.29 is 9.53 Å². The van der Waals surface area contributed by atoms with Gasteiger partial charge in [-0.05, 0) is 12.0 Å². The minimum absolute atomic E-state index is 0.0960. The first-order chi connectivity index (χ1) is 11.2. The topological polar surface area (TPSA) is 68.2 Å². The molecule has 2 N–H and O–H groups in total. The number of aryl methyl sites for hydroxylation is 1. The van der Waals surface area contributed by atoms with Crippen LogP contribution in [0, 0.1) is 0 Å². The summed E-state index contributed by atoms with van der Waals surface area (Å²) >= 11 is 0. The van der Waals surface area contributed by atoms with Gasteiger partial charge < -0.3 is 15.4 Å². The molecule has 122 valence electrons. The highest BCUT2D eigenvalue weighted by molar-refractivity contribution is 6.00. The molecule has 1 aromatic heterocycles. The number of rotatable bonds is 6. The van der Waals surface area contributed by atoms with Crippen LogP contribution in [-0.2, 0) is 17.7 Å². The van der Waals surface area contributed by atoms with Gasteiger partial charge in [0, 0.05) is 13.7 Å². The molecular formula is C17H22N4O2. The number of carbonyl (C=O) groups is 1. The number of nitrogens with one attached hydrogen (secondary N) is 2. The lowest BCUT2D eigenvalue weighted by Crippen LogP contribution is -2.28. The zero-order chi connectivity index (χ0) is 16.2. The first kappa shape index (κ1) is 15.6. The maximum atomic E-state index is 12.5. The van der Waals surface area contributed by atoms with Gasteiger partial charge in [-0.3, -0.25) is 4.79 Å². The van der Waals surface area contributed by atoms with Gasteiger partial charge in [0.05, 0.1) is 24.9 Å². The van der Waals surface area contributed by atoms with Crippen molar-refractivity contribution in [3.05, 3.63) is 47.2 Å². The largest absolute Gasteiger partial charge is 0.383 e. The highest BCUT2D eigenvalue weighted by Crippen LogP contribution is 2.33. The first-order valence-electron chi connectivity index (χ1n) is 7.92. The van der Waals surface area contributed by atoms with Crippen molar-refractivity contribution in [1.29, 1.82) is 0 Å². The third kappa shape index (κ3) is 3.07. The molecule has 1 amide bonds. The molecule has 0 radical (unpaired) electrons. The van der Waals surface area contributed by atoms with E-state index in [1.807, 2.05) is 29.8 Å². The van der Waals surface area contributed by atoms with Gasteiger partial charge in [0.15, 0.2) is 0 Å². The summed E-state index contributed by atoms with van der Waals surface area (Å²) in [7, 11) is 1.62. The summed E-state index contributed by atoms with van der Waals surface area (Å²) in [6.45, 7) is 3.73. The molecule has 0 aliphatic carbocycles. The van der Waals surface area contributed by atoms with E-state index in [-0.39, 0.29) is 11.9 Å². The van der Waals surface area contributed by atoms with E-state index >= 15 is 0 Å². The fourth-order valence-electron chi connectivity index (χ4n) is 2.89. The second-order valence-corrected chi connectivity index (χ2v) is 5.56. The average molecular weight is 314 g/mol. The normalized spacial score (nSPS) is 16.0. The van der Waals surface area contributed by atoms with Gasteiger partial charge in [-0.2, -0.15) is 5.10 Å². The lowest BCUT2D eigenvalue weighted by atomic mass is 10.1. The van der Waals surface area contributed by atoms with E-state index in [9.17, 15) is 4.79 Å². The number of aromatic nitrogens is 2. The van der Waals surface area contributed by atoms with Crippen LogP contribution in [0.3, 0.4) is 0 Å². The number of hydrogen-bond donors (Lipinski definition) is 2. The Labute approximate surface area is 135 Å². The van der Waals surface area contributed by atoms with E-state index in [0.29, 0.717) is 18.7 Å². The highest BCUT2D eigenvalue weighted by atomic mass is 16.5. The maximum Gasteiger partial charge on any atom is 0.257 e. The smallest absolute Gasteiger partial charge is 0.257 e. The number of amides is 1. The van der Waals surface area contributed by atoms with Crippen molar-refractivity contribution in [2.24, 2.45) is 0 Å². The number of benzene rings is 1. The van der Waals surface area contributed by atoms with Gasteiger partial charge in [0.25, 0.3) is 5.91 Å². The first-order valence-corrected chi connectivity index (χ1v) is 7.92. The Morgan fingerprint density at radius 1 is 1.43 bits per heavy atom. The molecular weight excluding hydrogens is 292 g/mol. The molecule has 2 aromatic rings. The van der Waals surface area contributed by atoms with Crippen molar-refractivity contribution >= 4 is 11.7 Å². The SMILES string of the molecule is CCc1nn2c(c1C(=O)NCCOC)N[C@@H](c1ccccc1)C2. The van der Waals surface area contributed by atoms with Crippen LogP contribution in [0.2, 0.25) is 0 Å². The molecule has 1 aliphatic rings. The molecule has 6 heteroatoms. The Morgan fingerprint density at radius 3 is 2.91 bits per heavy atom. The lowest BCUT2D eigenvalue weighted by molar-refractivity contribution is 0.0937. The van der Waals surface area contributed by atoms with E-state index in [1.165, 1.54) is 5.56 Å². The molecule has 0 spiro atoms. The van der Waals surface area contributed by atoms with Crippen molar-refractivity contribution in [1.82, 2.24) is 15.1 Å². The number of ether oxygens (including phenoxy) is 1. The van der Waals surface area contributed by atoms with Gasteiger partial charge in [-0.25, -0.2) is 4.68 Å². The minimum atomic E-state index is -0.0960. The highest BCUT2D eigenvalue weighted by Gasteiger charge is 2.30. The van der Waals surface area contributed by atoms with E-state index in [2.05, 4.69) is 27.9 Å². The number of hydrogen-bond acceptors (Lipinski definition) is 4. The second-order valence-electron chi connectivity index (χ2n) is 5.56. The molecule has 23 heavy (non-hydrogen) atoms. The standard InChI is InChI=1S/C17H22N4O2/c1-3-13-15(17(22)18-9-10-23-2)16-19-14(11-21(16)20-13)12-7-5-4-6-8-12/h4-8,14,19H,3,9-11H2,1-2H3,(H,18,22)/t14-/m1/s1. The van der Waals surface area contributed by atoms with Gasteiger partial charge in [0.2, 0.25) is 0 Å². The Kier molecular flexibility index (Phi) is 4.62. The van der Waals surface area contributed by atoms with Crippen LogP contribution >= 0.6 is 0 Å². The number of carbonyl (C=O) groups excluding carboxylic acids is 1. The Hall–Kier alpha value is -2.34. The summed E-state index contributed by atoms with van der Waals surface area (Å²) in [5.74, 6) is 0.715. The van der Waals surface area contributed by atoms with E-state index in [4.69, 9.17) is 4.74 Å². The fourth-order valence-corrected chi connectivity index (χ4v) is 2.89. The lowest BCUT2D eigenvalue weighted by Gasteiger charge is -2.12. The molecule has 1 atom stereocenters. The summed E-state index contributed by atoms with van der Waals surface area (Å²) in [6.07, 6.45) is 0.727. The molecule has 1 aromatic carbocycles. The van der Waals surface area contributed by atoms with Crippen LogP contribution in [0.5, 0.6) is 0 Å². The second kappa shape index (κ2) is 6.83. The van der Waals surface area contributed by atoms with Crippen LogP contribution in [0.25, 0.3) is 0 Å². The Balaban J connectivity index is 1.82. The van der Waals surface area contributed by atoms with Crippen LogP contribution < -0.4 is 10.6 Å². The van der Waals surface area contributed by atoms with Crippen LogP contribution in [0.15, 0.2) is 30.3 Å². The van der Waals surface area contributed by atoms with Crippen LogP contribution in [0.1, 0.15) is 34.6 Å². The molecule has 0 saturated heterocycles. The Morgan fingerprint density at radius 2 is 2.22 bits per heavy atom. The number of methoxy groups -OCH3 is 1. The zero-order valence-electron chi connectivity index (χ0n) is 13.5. The molecule has 3 rings (SSSR count). The average Bonchev–Trinajstić information content (AvgIpc) is 3.12. The van der Waals surface area contributed by atoms with Crippen molar-refractivity contribution in [2.45, 2.75) is 25.9 Å². The summed E-state index contributed by atoms with van der Waals surface area (Å²) < 4.78 is 6.89. The summed E-state index contributed by atoms with van der Waals surface area (Å²) in [5, 5.41) is 10.9. The third-order valence-corrected chi connectivity index (χ3v) is 4.05. The molecule has 1 aliphatic heterocycles. The molecule has 0 unspecified atom stereocenters. The molecule has 2 heterocycles. The zero-order valence-corrected chi connectivity index (χ0v) is 13.5. The van der Waals surface area contributed by atoms with Gasteiger partial charge in [-0.1, -0.05) is 37.3 Å². The predicted molar refractivity (Wildman–Crippen MR) is 88.6 cm³/mol. The van der Waals surface area contributed by atoms with Gasteiger partial charge >= 0.3 is 0 Å². The third-order valence-electron chi connectivity index (χ3n) is 4.05. The predicted octanol–water partition coefficient (Wildman–Crippen LogP) is 1.99. The number of nitrogens with zero attached hydrogens (tertiary/aromatic N) is 2. The van der Waals surface area contributed by atoms with Crippen molar-refractivity contribution in [3.8, 4) is 0 Å². The summed E-state index contributed by atoms with van der Waals surface area (Å²) in [6, 6.07) is 10.4. The Bertz CT molecular complexity index is 681. The summed E-state index contributed by atoms with van der Waals surface area (Å²) in [5.41, 5.74) is 2.68. The molecule has 0 saturated carbocycles.